The van der Waals surface area contributed by atoms with Crippen LogP contribution in [0.25, 0.3) is 10.8 Å². The number of carbonyl (C=O) groups excluding carboxylic acids is 2. The molecule has 3 aliphatic heterocycles. The fraction of sp³-hybridized carbons (Fsp3) is 0.538. The minimum absolute atomic E-state index is 0.00216. The molecule has 3 fully saturated rings. The predicted octanol–water partition coefficient (Wildman–Crippen LogP) is 2.85. The Morgan fingerprint density at radius 1 is 0.917 bits per heavy atom. The summed E-state index contributed by atoms with van der Waals surface area (Å²) in [5.41, 5.74) is 0. The number of likely N-dealkylation sites (tertiary alicyclic amines) is 3. The lowest BCUT2D eigenvalue weighted by Gasteiger charge is -2.38. The third kappa shape index (κ3) is 5.54. The molecular weight excluding hydrogens is 500 g/mol. The molecule has 3 heterocycles. The van der Waals surface area contributed by atoms with E-state index in [1.807, 2.05) is 4.90 Å². The number of sulfonamides is 1. The van der Waals surface area contributed by atoms with Gasteiger partial charge in [0.1, 0.15) is 6.04 Å². The third-order valence-corrected chi connectivity index (χ3v) is 9.42. The molecule has 0 saturated carbocycles. The van der Waals surface area contributed by atoms with Crippen LogP contribution >= 0.6 is 11.6 Å². The van der Waals surface area contributed by atoms with Crippen LogP contribution in [0.4, 0.5) is 0 Å². The van der Waals surface area contributed by atoms with Gasteiger partial charge >= 0.3 is 0 Å². The zero-order chi connectivity index (χ0) is 25.3. The molecule has 1 atom stereocenters. The van der Waals surface area contributed by atoms with Gasteiger partial charge < -0.3 is 14.7 Å². The maximum absolute atomic E-state index is 13.1. The van der Waals surface area contributed by atoms with Crippen LogP contribution in [0.1, 0.15) is 38.5 Å². The van der Waals surface area contributed by atoms with E-state index >= 15 is 0 Å². The van der Waals surface area contributed by atoms with Crippen molar-refractivity contribution in [3.05, 3.63) is 41.4 Å². The highest BCUT2D eigenvalue weighted by Crippen LogP contribution is 2.24. The van der Waals surface area contributed by atoms with E-state index in [0.29, 0.717) is 43.5 Å². The summed E-state index contributed by atoms with van der Waals surface area (Å²) in [6.45, 7) is 4.21. The monoisotopic (exact) mass is 532 g/mol. The Kier molecular flexibility index (Phi) is 7.53. The van der Waals surface area contributed by atoms with Crippen LogP contribution in [0, 0.1) is 0 Å². The average molecular weight is 533 g/mol. The summed E-state index contributed by atoms with van der Waals surface area (Å²) in [6, 6.07) is 9.73. The Labute approximate surface area is 217 Å². The van der Waals surface area contributed by atoms with Crippen molar-refractivity contribution in [1.82, 2.24) is 19.4 Å². The van der Waals surface area contributed by atoms with Crippen molar-refractivity contribution in [3.63, 3.8) is 0 Å². The minimum atomic E-state index is -3.91. The van der Waals surface area contributed by atoms with Gasteiger partial charge in [-0.15, -0.1) is 0 Å². The van der Waals surface area contributed by atoms with Gasteiger partial charge in [-0.2, -0.15) is 4.72 Å². The van der Waals surface area contributed by atoms with Crippen molar-refractivity contribution in [3.8, 4) is 0 Å². The van der Waals surface area contributed by atoms with Gasteiger partial charge in [0.25, 0.3) is 0 Å². The zero-order valence-electron chi connectivity index (χ0n) is 20.4. The number of hydrogen-bond acceptors (Lipinski definition) is 5. The molecule has 0 aliphatic carbocycles. The van der Waals surface area contributed by atoms with E-state index in [4.69, 9.17) is 11.6 Å². The summed E-state index contributed by atoms with van der Waals surface area (Å²) in [6.07, 6.45) is 5.51. The molecule has 3 saturated heterocycles. The van der Waals surface area contributed by atoms with E-state index < -0.39 is 16.1 Å². The highest BCUT2D eigenvalue weighted by molar-refractivity contribution is 7.89. The standard InChI is InChI=1S/C26H33ClN4O4S/c27-21-7-5-20-17-23(8-6-19(20)16-21)36(34,35)28-24-4-3-13-31(26(24)33)18-25(32)30-14-9-22(10-15-30)29-11-1-2-12-29/h5-8,16-17,22,24,28H,1-4,9-15,18H2. The van der Waals surface area contributed by atoms with E-state index in [9.17, 15) is 18.0 Å². The average Bonchev–Trinajstić information content (AvgIpc) is 3.41. The largest absolute Gasteiger partial charge is 0.341 e. The van der Waals surface area contributed by atoms with E-state index in [0.717, 1.165) is 36.7 Å². The van der Waals surface area contributed by atoms with E-state index in [-0.39, 0.29) is 23.3 Å². The molecule has 194 valence electrons. The fourth-order valence-corrected chi connectivity index (χ4v) is 7.11. The van der Waals surface area contributed by atoms with Gasteiger partial charge in [-0.3, -0.25) is 9.59 Å². The van der Waals surface area contributed by atoms with Crippen molar-refractivity contribution in [2.24, 2.45) is 0 Å². The maximum atomic E-state index is 13.1. The second kappa shape index (κ2) is 10.7. The SMILES string of the molecule is O=C(CN1CCCC(NS(=O)(=O)c2ccc3cc(Cl)ccc3c2)C1=O)N1CCC(N2CCCC2)CC1. The number of benzene rings is 2. The number of amides is 2. The van der Waals surface area contributed by atoms with Crippen LogP contribution < -0.4 is 4.72 Å². The fourth-order valence-electron chi connectivity index (χ4n) is 5.67. The molecule has 0 bridgehead atoms. The molecule has 2 aromatic carbocycles. The molecule has 3 aliphatic rings. The number of nitrogens with zero attached hydrogens (tertiary/aromatic N) is 3. The summed E-state index contributed by atoms with van der Waals surface area (Å²) < 4.78 is 28.8. The smallest absolute Gasteiger partial charge is 0.242 e. The van der Waals surface area contributed by atoms with E-state index in [2.05, 4.69) is 9.62 Å². The number of hydrogen-bond donors (Lipinski definition) is 1. The van der Waals surface area contributed by atoms with Gasteiger partial charge in [-0.25, -0.2) is 8.42 Å². The molecule has 10 heteroatoms. The minimum Gasteiger partial charge on any atom is -0.341 e. The van der Waals surface area contributed by atoms with Crippen molar-refractivity contribution < 1.29 is 18.0 Å². The quantitative estimate of drug-likeness (QED) is 0.618. The van der Waals surface area contributed by atoms with Crippen LogP contribution in [0.5, 0.6) is 0 Å². The number of carbonyl (C=O) groups is 2. The summed E-state index contributed by atoms with van der Waals surface area (Å²) in [5.74, 6) is -0.391. The number of nitrogens with one attached hydrogen (secondary N) is 1. The Balaban J connectivity index is 1.19. The molecule has 5 rings (SSSR count). The summed E-state index contributed by atoms with van der Waals surface area (Å²) >= 11 is 6.02. The number of halogens is 1. The van der Waals surface area contributed by atoms with Crippen molar-refractivity contribution in [2.75, 3.05) is 39.3 Å². The lowest BCUT2D eigenvalue weighted by atomic mass is 10.0. The lowest BCUT2D eigenvalue weighted by Crippen LogP contribution is -2.55. The first-order valence-electron chi connectivity index (χ1n) is 12.8. The number of piperidine rings is 2. The molecule has 1 N–H and O–H groups in total. The second-order valence-corrected chi connectivity index (χ2v) is 12.2. The van der Waals surface area contributed by atoms with Crippen LogP contribution in [-0.2, 0) is 19.6 Å². The molecule has 8 nitrogen and oxygen atoms in total. The first kappa shape index (κ1) is 25.4. The Morgan fingerprint density at radius 3 is 2.36 bits per heavy atom. The van der Waals surface area contributed by atoms with Crippen LogP contribution in [-0.4, -0.2) is 86.3 Å². The molecule has 2 amide bonds. The third-order valence-electron chi connectivity index (χ3n) is 7.71. The van der Waals surface area contributed by atoms with Crippen LogP contribution in [0.2, 0.25) is 5.02 Å². The predicted molar refractivity (Wildman–Crippen MR) is 139 cm³/mol. The lowest BCUT2D eigenvalue weighted by molar-refractivity contribution is -0.143. The van der Waals surface area contributed by atoms with Gasteiger partial charge in [0.15, 0.2) is 0 Å². The van der Waals surface area contributed by atoms with Crippen LogP contribution in [0.15, 0.2) is 41.3 Å². The number of fused-ring (bicyclic) bond motifs is 1. The molecule has 0 spiro atoms. The normalized spacial score (nSPS) is 22.5. The molecular formula is C26H33ClN4O4S. The Hall–Kier alpha value is -2.20. The van der Waals surface area contributed by atoms with Crippen molar-refractivity contribution >= 4 is 44.2 Å². The van der Waals surface area contributed by atoms with Gasteiger partial charge in [0.05, 0.1) is 11.4 Å². The Bertz CT molecular complexity index is 1240. The van der Waals surface area contributed by atoms with E-state index in [1.165, 1.54) is 23.8 Å². The number of rotatable bonds is 6. The van der Waals surface area contributed by atoms with Gasteiger partial charge in [-0.1, -0.05) is 23.7 Å². The topological polar surface area (TPSA) is 90.0 Å². The molecule has 0 radical (unpaired) electrons. The van der Waals surface area contributed by atoms with Gasteiger partial charge in [0.2, 0.25) is 21.8 Å². The first-order chi connectivity index (χ1) is 17.3. The Morgan fingerprint density at radius 2 is 1.61 bits per heavy atom. The first-order valence-corrected chi connectivity index (χ1v) is 14.7. The van der Waals surface area contributed by atoms with E-state index in [1.54, 1.807) is 30.3 Å². The maximum Gasteiger partial charge on any atom is 0.242 e. The summed E-state index contributed by atoms with van der Waals surface area (Å²) in [7, 11) is -3.91. The highest BCUT2D eigenvalue weighted by atomic mass is 35.5. The van der Waals surface area contributed by atoms with Gasteiger partial charge in [-0.05, 0) is 86.7 Å². The van der Waals surface area contributed by atoms with Crippen molar-refractivity contribution in [1.29, 1.82) is 0 Å². The zero-order valence-corrected chi connectivity index (χ0v) is 21.9. The molecule has 2 aromatic rings. The summed E-state index contributed by atoms with van der Waals surface area (Å²) in [4.78, 5) is 32.1. The summed E-state index contributed by atoms with van der Waals surface area (Å²) in [5, 5.41) is 2.16. The second-order valence-electron chi connectivity index (χ2n) is 10.1. The van der Waals surface area contributed by atoms with Crippen molar-refractivity contribution in [2.45, 2.75) is 55.5 Å². The molecule has 1 unspecified atom stereocenters. The molecule has 36 heavy (non-hydrogen) atoms. The van der Waals surface area contributed by atoms with Gasteiger partial charge in [0, 0.05) is 30.7 Å². The van der Waals surface area contributed by atoms with Crippen LogP contribution in [0.3, 0.4) is 0 Å². The molecule has 0 aromatic heterocycles. The highest BCUT2D eigenvalue weighted by Gasteiger charge is 2.35.